The number of hydrogen-bond donors (Lipinski definition) is 3. The predicted molar refractivity (Wildman–Crippen MR) is 193 cm³/mol. The molecule has 282 valence electrons. The summed E-state index contributed by atoms with van der Waals surface area (Å²) < 4.78 is 68.1. The number of amides is 2. The number of unbranched alkanes of at least 4 members (excludes halogenated alkanes) is 1. The molecule has 0 radical (unpaired) electrons. The van der Waals surface area contributed by atoms with Crippen LogP contribution in [0, 0.1) is 25.5 Å². The van der Waals surface area contributed by atoms with Crippen LogP contribution >= 0.6 is 0 Å². The first kappa shape index (κ1) is 37.9. The van der Waals surface area contributed by atoms with Crippen LogP contribution < -0.4 is 21.1 Å². The number of benzene rings is 2. The second kappa shape index (κ2) is 16.0. The zero-order chi connectivity index (χ0) is 38.6. The maximum atomic E-state index is 15.7. The van der Waals surface area contributed by atoms with Crippen molar-refractivity contribution in [2.75, 3.05) is 13.2 Å². The average Bonchev–Trinajstić information content (AvgIpc) is 3.87. The van der Waals surface area contributed by atoms with E-state index in [1.807, 2.05) is 0 Å². The maximum absolute atomic E-state index is 15.7. The monoisotopic (exact) mass is 746 g/mol. The SMILES string of the molecule is Cc1cc(C)n2c1C=C1C=CC(CCC(=O)NCc3cn(-c4cccc(C(=O)N[C@@H](CCCCN)C(=O)COc5c(F)cccc5F)c4)nn3)=[N+]1[B-]2(F)F. The van der Waals surface area contributed by atoms with Crippen LogP contribution in [-0.2, 0) is 16.1 Å². The first-order valence-corrected chi connectivity index (χ1v) is 17.5. The number of ketones is 1. The molecule has 0 unspecified atom stereocenters. The number of aryl methyl sites for hydroxylation is 2. The number of aromatic nitrogens is 4. The summed E-state index contributed by atoms with van der Waals surface area (Å²) in [5.74, 6) is -4.10. The summed E-state index contributed by atoms with van der Waals surface area (Å²) >= 11 is 0. The van der Waals surface area contributed by atoms with Crippen molar-refractivity contribution >= 4 is 36.4 Å². The fraction of sp³-hybridized carbons (Fsp3) is 0.297. The highest BCUT2D eigenvalue weighted by Crippen LogP contribution is 2.34. The molecule has 6 rings (SSSR count). The standard InChI is InChI=1S/C37H39BF4N8O4/c1-23-17-24(2)49-33(23)19-29-13-12-27(50(29)38(49,41)42)14-15-35(52)44-20-26-21-48(47-46-26)28-8-5-7-25(18-28)37(53)45-32(11-3-4-16-43)34(51)22-54-36-30(39)9-6-10-31(36)40/h5-10,12-13,17-19,21,32H,3-4,11,14-16,20,22,43H2,1-2H3,(H,44,52)(H,45,53)/t32-/m0/s1. The Kier molecular flexibility index (Phi) is 11.3. The molecule has 0 aliphatic carbocycles. The summed E-state index contributed by atoms with van der Waals surface area (Å²) in [6.45, 7) is -0.929. The predicted octanol–water partition coefficient (Wildman–Crippen LogP) is 4.54. The minimum atomic E-state index is -4.12. The van der Waals surface area contributed by atoms with Crippen LogP contribution in [0.15, 0.2) is 72.6 Å². The van der Waals surface area contributed by atoms with Gasteiger partial charge in [-0.2, -0.15) is 0 Å². The van der Waals surface area contributed by atoms with Gasteiger partial charge in [0.15, 0.2) is 28.9 Å². The molecule has 12 nitrogen and oxygen atoms in total. The van der Waals surface area contributed by atoms with E-state index in [4.69, 9.17) is 10.5 Å². The van der Waals surface area contributed by atoms with Gasteiger partial charge in [-0.1, -0.05) is 17.3 Å². The van der Waals surface area contributed by atoms with Crippen molar-refractivity contribution in [1.29, 1.82) is 0 Å². The van der Waals surface area contributed by atoms with E-state index in [-0.39, 0.29) is 37.3 Å². The van der Waals surface area contributed by atoms with Crippen molar-refractivity contribution in [2.45, 2.75) is 58.5 Å². The van der Waals surface area contributed by atoms with Crippen LogP contribution in [0.5, 0.6) is 5.75 Å². The minimum Gasteiger partial charge on any atom is -0.480 e. The lowest BCUT2D eigenvalue weighted by Crippen LogP contribution is -2.50. The summed E-state index contributed by atoms with van der Waals surface area (Å²) in [4.78, 5) is 39.1. The molecule has 4 N–H and O–H groups in total. The van der Waals surface area contributed by atoms with Gasteiger partial charge in [0.05, 0.1) is 24.5 Å². The third-order valence-electron chi connectivity index (χ3n) is 9.32. The number of halogens is 4. The van der Waals surface area contributed by atoms with Crippen LogP contribution in [0.3, 0.4) is 0 Å². The van der Waals surface area contributed by atoms with Gasteiger partial charge in [-0.05, 0) is 87.3 Å². The average molecular weight is 747 g/mol. The zero-order valence-electron chi connectivity index (χ0n) is 29.7. The minimum absolute atomic E-state index is 0.0236. The Bertz CT molecular complexity index is 2170. The lowest BCUT2D eigenvalue weighted by atomic mass is 9.90. The number of hydrogen-bond acceptors (Lipinski definition) is 7. The van der Waals surface area contributed by atoms with Crippen LogP contribution in [-0.4, -0.2) is 73.4 Å². The van der Waals surface area contributed by atoms with Crippen molar-refractivity contribution in [3.63, 3.8) is 0 Å². The van der Waals surface area contributed by atoms with E-state index >= 15 is 8.63 Å². The van der Waals surface area contributed by atoms with Gasteiger partial charge in [0.25, 0.3) is 5.91 Å². The lowest BCUT2D eigenvalue weighted by Gasteiger charge is -2.30. The molecule has 1 atom stereocenters. The Labute approximate surface area is 308 Å². The molecule has 2 aliphatic heterocycles. The summed E-state index contributed by atoms with van der Waals surface area (Å²) in [6.07, 6.45) is 7.97. The molecule has 2 aromatic carbocycles. The number of para-hydroxylation sites is 1. The molecule has 0 fully saturated rings. The number of allylic oxidation sites excluding steroid dienone is 2. The van der Waals surface area contributed by atoms with Gasteiger partial charge < -0.3 is 38.7 Å². The van der Waals surface area contributed by atoms with Crippen molar-refractivity contribution in [1.82, 2.24) is 30.1 Å². The molecule has 4 aromatic rings. The number of nitrogens with zero attached hydrogens (tertiary/aromatic N) is 5. The van der Waals surface area contributed by atoms with E-state index in [0.717, 1.165) is 26.7 Å². The Hall–Kier alpha value is -5.84. The highest BCUT2D eigenvalue weighted by atomic mass is 19.2. The fourth-order valence-electron chi connectivity index (χ4n) is 6.62. The molecule has 0 spiro atoms. The number of fused-ring (bicyclic) bond motifs is 2. The summed E-state index contributed by atoms with van der Waals surface area (Å²) in [5.41, 5.74) is 9.13. The third-order valence-corrected chi connectivity index (χ3v) is 9.32. The van der Waals surface area contributed by atoms with Crippen LogP contribution in [0.1, 0.15) is 65.1 Å². The summed E-state index contributed by atoms with van der Waals surface area (Å²) in [6, 6.07) is 10.3. The summed E-state index contributed by atoms with van der Waals surface area (Å²) in [5, 5.41) is 13.6. The van der Waals surface area contributed by atoms with Crippen molar-refractivity contribution in [3.8, 4) is 11.4 Å². The number of Topliss-reactive ketones (excluding diaryl/α,β-unsaturated/α-hetero) is 1. The second-order valence-corrected chi connectivity index (χ2v) is 13.2. The molecule has 2 aliphatic rings. The first-order chi connectivity index (χ1) is 25.9. The van der Waals surface area contributed by atoms with Gasteiger partial charge in [-0.15, -0.1) is 5.10 Å². The highest BCUT2D eigenvalue weighted by molar-refractivity contribution is 6.58. The molecule has 2 amide bonds. The largest absolute Gasteiger partial charge is 0.737 e. The quantitative estimate of drug-likeness (QED) is 0.0867. The highest BCUT2D eigenvalue weighted by Gasteiger charge is 2.52. The number of nitrogens with two attached hydrogens (primary N) is 1. The summed E-state index contributed by atoms with van der Waals surface area (Å²) in [7, 11) is 0. The molecule has 4 heterocycles. The van der Waals surface area contributed by atoms with E-state index in [2.05, 4.69) is 20.9 Å². The maximum Gasteiger partial charge on any atom is 0.737 e. The Balaban J connectivity index is 1.04. The molecule has 0 saturated carbocycles. The smallest absolute Gasteiger partial charge is 0.480 e. The van der Waals surface area contributed by atoms with E-state index in [0.29, 0.717) is 53.6 Å². The zero-order valence-corrected chi connectivity index (χ0v) is 29.7. The number of carbonyl (C=O) groups excluding carboxylic acids is 3. The van der Waals surface area contributed by atoms with Crippen molar-refractivity contribution < 1.29 is 41.0 Å². The lowest BCUT2D eigenvalue weighted by molar-refractivity contribution is -0.362. The van der Waals surface area contributed by atoms with E-state index in [1.54, 1.807) is 62.5 Å². The van der Waals surface area contributed by atoms with Gasteiger partial charge >= 0.3 is 6.97 Å². The fourth-order valence-corrected chi connectivity index (χ4v) is 6.62. The molecule has 0 bridgehead atoms. The van der Waals surface area contributed by atoms with E-state index < -0.39 is 48.7 Å². The Morgan fingerprint density at radius 3 is 2.56 bits per heavy atom. The van der Waals surface area contributed by atoms with E-state index in [9.17, 15) is 23.2 Å². The van der Waals surface area contributed by atoms with Crippen molar-refractivity contribution in [2.24, 2.45) is 5.73 Å². The van der Waals surface area contributed by atoms with Gasteiger partial charge in [0, 0.05) is 42.3 Å². The second-order valence-electron chi connectivity index (χ2n) is 13.2. The normalized spacial score (nSPS) is 14.7. The van der Waals surface area contributed by atoms with Gasteiger partial charge in [0.1, 0.15) is 18.0 Å². The van der Waals surface area contributed by atoms with Crippen LogP contribution in [0.2, 0.25) is 0 Å². The van der Waals surface area contributed by atoms with Gasteiger partial charge in [-0.3, -0.25) is 14.4 Å². The molecule has 17 heteroatoms. The first-order valence-electron chi connectivity index (χ1n) is 17.5. The van der Waals surface area contributed by atoms with Crippen LogP contribution in [0.25, 0.3) is 11.8 Å². The third kappa shape index (κ3) is 8.05. The Morgan fingerprint density at radius 2 is 1.80 bits per heavy atom. The number of rotatable bonds is 16. The molecule has 0 saturated heterocycles. The van der Waals surface area contributed by atoms with Gasteiger partial charge in [0.2, 0.25) is 5.91 Å². The van der Waals surface area contributed by atoms with Gasteiger partial charge in [-0.25, -0.2) is 13.5 Å². The molecular formula is C37H39BF4N8O4. The van der Waals surface area contributed by atoms with Crippen molar-refractivity contribution in [3.05, 3.63) is 112 Å². The number of nitrogens with one attached hydrogen (secondary N) is 2. The van der Waals surface area contributed by atoms with Crippen LogP contribution in [0.4, 0.5) is 17.4 Å². The topological polar surface area (TPSA) is 149 Å². The molecule has 2 aromatic heterocycles. The number of carbonyl (C=O) groups is 3. The van der Waals surface area contributed by atoms with E-state index in [1.165, 1.54) is 16.8 Å². The number of ether oxygens (including phenoxy) is 1. The molecule has 54 heavy (non-hydrogen) atoms. The molecular weight excluding hydrogens is 707 g/mol. The Morgan fingerprint density at radius 1 is 1.04 bits per heavy atom.